The third-order valence-electron chi connectivity index (χ3n) is 2.43. The number of alkyl halides is 3. The molecule has 4 nitrogen and oxygen atoms in total. The fourth-order valence-electron chi connectivity index (χ4n) is 1.56. The monoisotopic (exact) mass is 250 g/mol. The quantitative estimate of drug-likeness (QED) is 0.891. The molecule has 0 aliphatic rings. The van der Waals surface area contributed by atoms with Crippen LogP contribution in [0.4, 0.5) is 13.2 Å². The molecular formula is C10H13F3N2O2. The van der Waals surface area contributed by atoms with E-state index in [2.05, 4.69) is 5.10 Å². The zero-order valence-electron chi connectivity index (χ0n) is 9.45. The van der Waals surface area contributed by atoms with Crippen molar-refractivity contribution in [1.29, 1.82) is 0 Å². The van der Waals surface area contributed by atoms with E-state index in [0.717, 1.165) is 10.9 Å². The summed E-state index contributed by atoms with van der Waals surface area (Å²) in [4.78, 5) is 10.6. The SMILES string of the molecule is CCn1ncc(CC(C)C(=O)O)c1C(F)(F)F. The molecule has 0 aliphatic carbocycles. The first-order valence-corrected chi connectivity index (χ1v) is 5.12. The van der Waals surface area contributed by atoms with Crippen molar-refractivity contribution in [3.05, 3.63) is 17.5 Å². The van der Waals surface area contributed by atoms with Gasteiger partial charge < -0.3 is 5.11 Å². The van der Waals surface area contributed by atoms with Gasteiger partial charge in [-0.1, -0.05) is 6.92 Å². The van der Waals surface area contributed by atoms with Gasteiger partial charge in [-0.15, -0.1) is 0 Å². The molecule has 0 saturated heterocycles. The molecule has 0 amide bonds. The van der Waals surface area contributed by atoms with Crippen LogP contribution < -0.4 is 0 Å². The standard InChI is InChI=1S/C10H13F3N2O2/c1-3-15-8(10(11,12)13)7(5-14-15)4-6(2)9(16)17/h5-6H,3-4H2,1-2H3,(H,16,17). The molecule has 0 fully saturated rings. The number of aliphatic carboxylic acids is 1. The summed E-state index contributed by atoms with van der Waals surface area (Å²) in [6.45, 7) is 3.01. The van der Waals surface area contributed by atoms with Crippen LogP contribution in [0.5, 0.6) is 0 Å². The third-order valence-corrected chi connectivity index (χ3v) is 2.43. The van der Waals surface area contributed by atoms with Crippen LogP contribution in [0.3, 0.4) is 0 Å². The van der Waals surface area contributed by atoms with Crippen molar-refractivity contribution in [3.8, 4) is 0 Å². The average Bonchev–Trinajstić information content (AvgIpc) is 2.59. The van der Waals surface area contributed by atoms with E-state index in [-0.39, 0.29) is 18.5 Å². The second-order valence-corrected chi connectivity index (χ2v) is 3.78. The lowest BCUT2D eigenvalue weighted by Gasteiger charge is -2.12. The Bertz CT molecular complexity index is 412. The molecule has 0 saturated carbocycles. The highest BCUT2D eigenvalue weighted by Crippen LogP contribution is 2.33. The lowest BCUT2D eigenvalue weighted by Crippen LogP contribution is -2.19. The van der Waals surface area contributed by atoms with Gasteiger partial charge >= 0.3 is 12.1 Å². The molecule has 1 aromatic rings. The van der Waals surface area contributed by atoms with Gasteiger partial charge in [-0.2, -0.15) is 18.3 Å². The van der Waals surface area contributed by atoms with Gasteiger partial charge in [0.05, 0.1) is 12.1 Å². The van der Waals surface area contributed by atoms with E-state index in [1.807, 2.05) is 0 Å². The molecule has 1 unspecified atom stereocenters. The molecule has 0 radical (unpaired) electrons. The van der Waals surface area contributed by atoms with E-state index in [4.69, 9.17) is 5.11 Å². The largest absolute Gasteiger partial charge is 0.481 e. The molecule has 0 aromatic carbocycles. The van der Waals surface area contributed by atoms with Gasteiger partial charge in [0.2, 0.25) is 0 Å². The number of carbonyl (C=O) groups is 1. The van der Waals surface area contributed by atoms with Gasteiger partial charge in [-0.05, 0) is 13.3 Å². The number of aromatic nitrogens is 2. The van der Waals surface area contributed by atoms with Crippen LogP contribution in [0.2, 0.25) is 0 Å². The minimum absolute atomic E-state index is 0.0748. The van der Waals surface area contributed by atoms with E-state index in [1.54, 1.807) is 6.92 Å². The first-order chi connectivity index (χ1) is 7.77. The van der Waals surface area contributed by atoms with Crippen molar-refractivity contribution in [2.75, 3.05) is 0 Å². The number of halogens is 3. The van der Waals surface area contributed by atoms with Crippen LogP contribution >= 0.6 is 0 Å². The number of aryl methyl sites for hydroxylation is 1. The highest BCUT2D eigenvalue weighted by molar-refractivity contribution is 5.69. The van der Waals surface area contributed by atoms with Crippen molar-refractivity contribution >= 4 is 5.97 Å². The summed E-state index contributed by atoms with van der Waals surface area (Å²) in [6, 6.07) is 0. The fraction of sp³-hybridized carbons (Fsp3) is 0.600. The molecule has 0 spiro atoms. The van der Waals surface area contributed by atoms with E-state index < -0.39 is 23.8 Å². The van der Waals surface area contributed by atoms with Crippen molar-refractivity contribution in [2.45, 2.75) is 33.0 Å². The maximum atomic E-state index is 12.8. The smallest absolute Gasteiger partial charge is 0.433 e. The normalized spacial score (nSPS) is 13.7. The molecule has 1 atom stereocenters. The Morgan fingerprint density at radius 2 is 2.18 bits per heavy atom. The van der Waals surface area contributed by atoms with Crippen molar-refractivity contribution in [1.82, 2.24) is 9.78 Å². The van der Waals surface area contributed by atoms with Gasteiger partial charge in [0, 0.05) is 12.1 Å². The molecular weight excluding hydrogens is 237 g/mol. The topological polar surface area (TPSA) is 55.1 Å². The highest BCUT2D eigenvalue weighted by atomic mass is 19.4. The van der Waals surface area contributed by atoms with Crippen LogP contribution in [0.25, 0.3) is 0 Å². The molecule has 0 bridgehead atoms. The van der Waals surface area contributed by atoms with Crippen molar-refractivity contribution in [3.63, 3.8) is 0 Å². The molecule has 7 heteroatoms. The number of hydrogen-bond acceptors (Lipinski definition) is 2. The van der Waals surface area contributed by atoms with Gasteiger partial charge in [0.25, 0.3) is 0 Å². The van der Waals surface area contributed by atoms with E-state index in [0.29, 0.717) is 0 Å². The van der Waals surface area contributed by atoms with Crippen LogP contribution in [-0.4, -0.2) is 20.9 Å². The first kappa shape index (κ1) is 13.5. The second kappa shape index (κ2) is 4.77. The summed E-state index contributed by atoms with van der Waals surface area (Å²) in [7, 11) is 0. The van der Waals surface area contributed by atoms with Crippen LogP contribution in [0.1, 0.15) is 25.1 Å². The number of hydrogen-bond donors (Lipinski definition) is 1. The van der Waals surface area contributed by atoms with Gasteiger partial charge in [0.1, 0.15) is 5.69 Å². The zero-order valence-corrected chi connectivity index (χ0v) is 9.45. The maximum Gasteiger partial charge on any atom is 0.433 e. The first-order valence-electron chi connectivity index (χ1n) is 5.12. The zero-order chi connectivity index (χ0) is 13.2. The number of carboxylic acids is 1. The van der Waals surface area contributed by atoms with Gasteiger partial charge in [-0.25, -0.2) is 0 Å². The highest BCUT2D eigenvalue weighted by Gasteiger charge is 2.38. The number of nitrogens with zero attached hydrogens (tertiary/aromatic N) is 2. The van der Waals surface area contributed by atoms with Crippen LogP contribution in [0.15, 0.2) is 6.20 Å². The van der Waals surface area contributed by atoms with Crippen LogP contribution in [-0.2, 0) is 23.9 Å². The minimum Gasteiger partial charge on any atom is -0.481 e. The third kappa shape index (κ3) is 2.98. The molecule has 1 heterocycles. The Kier molecular flexibility index (Phi) is 3.79. The molecule has 0 aliphatic heterocycles. The molecule has 1 rings (SSSR count). The molecule has 17 heavy (non-hydrogen) atoms. The van der Waals surface area contributed by atoms with Crippen molar-refractivity contribution < 1.29 is 23.1 Å². The molecule has 96 valence electrons. The number of rotatable bonds is 4. The van der Waals surface area contributed by atoms with Crippen LogP contribution in [0, 0.1) is 5.92 Å². The summed E-state index contributed by atoms with van der Waals surface area (Å²) in [6.07, 6.45) is -3.60. The Morgan fingerprint density at radius 3 is 2.59 bits per heavy atom. The Hall–Kier alpha value is -1.53. The fourth-order valence-corrected chi connectivity index (χ4v) is 1.56. The predicted octanol–water partition coefficient (Wildman–Crippen LogP) is 2.19. The summed E-state index contributed by atoms with van der Waals surface area (Å²) < 4.78 is 39.2. The summed E-state index contributed by atoms with van der Waals surface area (Å²) in [5, 5.41) is 12.3. The molecule has 1 N–H and O–H groups in total. The number of carboxylic acid groups (broad SMARTS) is 1. The lowest BCUT2D eigenvalue weighted by atomic mass is 10.0. The lowest BCUT2D eigenvalue weighted by molar-refractivity contribution is -0.146. The van der Waals surface area contributed by atoms with E-state index in [1.165, 1.54) is 6.92 Å². The average molecular weight is 250 g/mol. The second-order valence-electron chi connectivity index (χ2n) is 3.78. The summed E-state index contributed by atoms with van der Waals surface area (Å²) in [5.74, 6) is -1.99. The summed E-state index contributed by atoms with van der Waals surface area (Å²) in [5.41, 5.74) is -0.928. The van der Waals surface area contributed by atoms with E-state index in [9.17, 15) is 18.0 Å². The minimum atomic E-state index is -4.51. The predicted molar refractivity (Wildman–Crippen MR) is 53.4 cm³/mol. The summed E-state index contributed by atoms with van der Waals surface area (Å²) >= 11 is 0. The van der Waals surface area contributed by atoms with Crippen molar-refractivity contribution in [2.24, 2.45) is 5.92 Å². The molecule has 1 aromatic heterocycles. The Balaban J connectivity index is 3.09. The Labute approximate surface area is 96.0 Å². The van der Waals surface area contributed by atoms with Gasteiger partial charge in [-0.3, -0.25) is 9.48 Å². The van der Waals surface area contributed by atoms with E-state index >= 15 is 0 Å². The van der Waals surface area contributed by atoms with Gasteiger partial charge in [0.15, 0.2) is 0 Å². The maximum absolute atomic E-state index is 12.8. The Morgan fingerprint density at radius 1 is 1.59 bits per heavy atom.